The Balaban J connectivity index is 1.74. The van der Waals surface area contributed by atoms with Gasteiger partial charge in [0, 0.05) is 31.8 Å². The molecule has 3 aromatic rings. The molecule has 2 fully saturated rings. The van der Waals surface area contributed by atoms with Crippen molar-refractivity contribution in [1.29, 1.82) is 0 Å². The molecular weight excluding hydrogens is 378 g/mol. The minimum Gasteiger partial charge on any atom is -0.477 e. The molecule has 3 heterocycles. The third-order valence-corrected chi connectivity index (χ3v) is 6.31. The molecular formula is C23H27N5O2. The minimum atomic E-state index is -1.01. The first-order chi connectivity index (χ1) is 14.5. The van der Waals surface area contributed by atoms with Crippen molar-refractivity contribution in [1.82, 2.24) is 19.7 Å². The standard InChI is InChI=1S/C23H27N5O2/c1-27(2)19-11-10-15(13-24-19)17-12-18(23(29)30)25-22-20(17)21(14-8-9-14)26-28(22)16-6-4-3-5-7-16/h10-14,16H,3-9H2,1-2H3,(H,29,30). The van der Waals surface area contributed by atoms with E-state index in [2.05, 4.69) is 9.97 Å². The van der Waals surface area contributed by atoms with E-state index in [1.807, 2.05) is 42.0 Å². The summed E-state index contributed by atoms with van der Waals surface area (Å²) in [4.78, 5) is 23.0. The Morgan fingerprint density at radius 3 is 2.50 bits per heavy atom. The van der Waals surface area contributed by atoms with Crippen molar-refractivity contribution in [3.63, 3.8) is 0 Å². The fourth-order valence-corrected chi connectivity index (χ4v) is 4.53. The van der Waals surface area contributed by atoms with Crippen molar-refractivity contribution in [3.05, 3.63) is 35.8 Å². The Morgan fingerprint density at radius 2 is 1.90 bits per heavy atom. The Bertz CT molecular complexity index is 1090. The smallest absolute Gasteiger partial charge is 0.354 e. The number of rotatable bonds is 5. The van der Waals surface area contributed by atoms with Gasteiger partial charge in [-0.1, -0.05) is 19.3 Å². The fourth-order valence-electron chi connectivity index (χ4n) is 4.53. The van der Waals surface area contributed by atoms with Crippen LogP contribution in [0.25, 0.3) is 22.2 Å². The topological polar surface area (TPSA) is 84.1 Å². The summed E-state index contributed by atoms with van der Waals surface area (Å²) in [6, 6.07) is 5.96. The molecule has 2 aliphatic carbocycles. The molecule has 0 bridgehead atoms. The van der Waals surface area contributed by atoms with E-state index < -0.39 is 5.97 Å². The predicted molar refractivity (Wildman–Crippen MR) is 116 cm³/mol. The molecule has 7 heteroatoms. The number of carbonyl (C=O) groups is 1. The van der Waals surface area contributed by atoms with Crippen molar-refractivity contribution >= 4 is 22.8 Å². The second-order valence-corrected chi connectivity index (χ2v) is 8.75. The predicted octanol–water partition coefficient (Wildman–Crippen LogP) is 4.64. The van der Waals surface area contributed by atoms with Crippen molar-refractivity contribution < 1.29 is 9.90 Å². The quantitative estimate of drug-likeness (QED) is 0.666. The zero-order valence-corrected chi connectivity index (χ0v) is 17.5. The summed E-state index contributed by atoms with van der Waals surface area (Å²) in [6.45, 7) is 0. The van der Waals surface area contributed by atoms with E-state index in [4.69, 9.17) is 5.10 Å². The maximum absolute atomic E-state index is 11.9. The zero-order valence-electron chi connectivity index (χ0n) is 17.5. The third-order valence-electron chi connectivity index (χ3n) is 6.31. The van der Waals surface area contributed by atoms with Gasteiger partial charge in [0.2, 0.25) is 0 Å². The Morgan fingerprint density at radius 1 is 1.13 bits per heavy atom. The Labute approximate surface area is 175 Å². The SMILES string of the molecule is CN(C)c1ccc(-c2cc(C(=O)O)nc3c2c(C2CC2)nn3C2CCCCC2)cn1. The number of aromatic nitrogens is 4. The number of hydrogen-bond acceptors (Lipinski definition) is 5. The number of anilines is 1. The molecule has 30 heavy (non-hydrogen) atoms. The number of aromatic carboxylic acids is 1. The van der Waals surface area contributed by atoms with Gasteiger partial charge in [-0.05, 0) is 49.4 Å². The van der Waals surface area contributed by atoms with Crippen LogP contribution in [0.5, 0.6) is 0 Å². The molecule has 0 spiro atoms. The van der Waals surface area contributed by atoms with E-state index in [-0.39, 0.29) is 5.69 Å². The van der Waals surface area contributed by atoms with Crippen molar-refractivity contribution in [2.75, 3.05) is 19.0 Å². The summed E-state index contributed by atoms with van der Waals surface area (Å²) in [7, 11) is 3.91. The molecule has 0 atom stereocenters. The van der Waals surface area contributed by atoms with Crippen molar-refractivity contribution in [2.24, 2.45) is 0 Å². The van der Waals surface area contributed by atoms with Crippen LogP contribution in [0.1, 0.15) is 73.1 Å². The molecule has 2 aliphatic rings. The van der Waals surface area contributed by atoms with Crippen LogP contribution in [0.3, 0.4) is 0 Å². The molecule has 0 saturated heterocycles. The molecule has 5 rings (SSSR count). The Kier molecular flexibility index (Phi) is 4.68. The second kappa shape index (κ2) is 7.38. The average Bonchev–Trinajstić information content (AvgIpc) is 3.54. The summed E-state index contributed by atoms with van der Waals surface area (Å²) in [5.74, 6) is 0.297. The summed E-state index contributed by atoms with van der Waals surface area (Å²) < 4.78 is 2.04. The van der Waals surface area contributed by atoms with Gasteiger partial charge in [-0.25, -0.2) is 19.4 Å². The highest BCUT2D eigenvalue weighted by Crippen LogP contribution is 2.46. The molecule has 2 saturated carbocycles. The second-order valence-electron chi connectivity index (χ2n) is 8.75. The van der Waals surface area contributed by atoms with Crippen LogP contribution < -0.4 is 4.90 Å². The van der Waals surface area contributed by atoms with Crippen LogP contribution in [0.15, 0.2) is 24.4 Å². The summed E-state index contributed by atoms with van der Waals surface area (Å²) in [6.07, 6.45) is 9.88. The van der Waals surface area contributed by atoms with Gasteiger partial charge < -0.3 is 10.0 Å². The zero-order chi connectivity index (χ0) is 20.8. The van der Waals surface area contributed by atoms with Crippen LogP contribution in [-0.4, -0.2) is 44.9 Å². The first-order valence-electron chi connectivity index (χ1n) is 10.8. The van der Waals surface area contributed by atoms with Gasteiger partial charge in [0.1, 0.15) is 5.82 Å². The molecule has 0 amide bonds. The van der Waals surface area contributed by atoms with Crippen LogP contribution in [0.2, 0.25) is 0 Å². The lowest BCUT2D eigenvalue weighted by molar-refractivity contribution is 0.0691. The first-order valence-corrected chi connectivity index (χ1v) is 10.8. The maximum atomic E-state index is 11.9. The van der Waals surface area contributed by atoms with Crippen molar-refractivity contribution in [2.45, 2.75) is 56.9 Å². The molecule has 0 radical (unpaired) electrons. The highest BCUT2D eigenvalue weighted by molar-refractivity contribution is 6.00. The number of hydrogen-bond donors (Lipinski definition) is 1. The number of nitrogens with zero attached hydrogens (tertiary/aromatic N) is 5. The van der Waals surface area contributed by atoms with Gasteiger partial charge in [-0.3, -0.25) is 0 Å². The lowest BCUT2D eigenvalue weighted by atomic mass is 9.95. The van der Waals surface area contributed by atoms with Crippen molar-refractivity contribution in [3.8, 4) is 11.1 Å². The number of fused-ring (bicyclic) bond motifs is 1. The van der Waals surface area contributed by atoms with E-state index in [9.17, 15) is 9.90 Å². The van der Waals surface area contributed by atoms with Gasteiger partial charge in [-0.15, -0.1) is 0 Å². The molecule has 0 aromatic carbocycles. The highest BCUT2D eigenvalue weighted by Gasteiger charge is 2.33. The van der Waals surface area contributed by atoms with Gasteiger partial charge in [-0.2, -0.15) is 5.10 Å². The van der Waals surface area contributed by atoms with E-state index in [1.165, 1.54) is 19.3 Å². The summed E-state index contributed by atoms with van der Waals surface area (Å²) >= 11 is 0. The highest BCUT2D eigenvalue weighted by atomic mass is 16.4. The van der Waals surface area contributed by atoms with Crippen LogP contribution in [0.4, 0.5) is 5.82 Å². The summed E-state index contributed by atoms with van der Waals surface area (Å²) in [5.41, 5.74) is 3.63. The van der Waals surface area contributed by atoms with Crippen LogP contribution >= 0.6 is 0 Å². The lowest BCUT2D eigenvalue weighted by Gasteiger charge is -2.22. The maximum Gasteiger partial charge on any atom is 0.354 e. The van der Waals surface area contributed by atoms with E-state index in [0.717, 1.165) is 59.4 Å². The minimum absolute atomic E-state index is 0.0634. The fraction of sp³-hybridized carbons (Fsp3) is 0.478. The van der Waals surface area contributed by atoms with Gasteiger partial charge in [0.05, 0.1) is 17.1 Å². The van der Waals surface area contributed by atoms with E-state index in [1.54, 1.807) is 6.07 Å². The monoisotopic (exact) mass is 405 g/mol. The third kappa shape index (κ3) is 3.32. The van der Waals surface area contributed by atoms with Gasteiger partial charge >= 0.3 is 5.97 Å². The molecule has 156 valence electrons. The Hall–Kier alpha value is -2.96. The normalized spacial score (nSPS) is 17.4. The van der Waals surface area contributed by atoms with E-state index >= 15 is 0 Å². The molecule has 3 aromatic heterocycles. The van der Waals surface area contributed by atoms with Gasteiger partial charge in [0.25, 0.3) is 0 Å². The molecule has 7 nitrogen and oxygen atoms in total. The number of carboxylic acids is 1. The lowest BCUT2D eigenvalue weighted by Crippen LogP contribution is -2.15. The number of carboxylic acid groups (broad SMARTS) is 1. The molecule has 1 N–H and O–H groups in total. The summed E-state index contributed by atoms with van der Waals surface area (Å²) in [5, 5.41) is 15.8. The van der Waals surface area contributed by atoms with Gasteiger partial charge in [0.15, 0.2) is 11.3 Å². The molecule has 0 unspecified atom stereocenters. The number of pyridine rings is 2. The van der Waals surface area contributed by atoms with Crippen LogP contribution in [-0.2, 0) is 0 Å². The largest absolute Gasteiger partial charge is 0.477 e. The van der Waals surface area contributed by atoms with Crippen LogP contribution in [0, 0.1) is 0 Å². The average molecular weight is 406 g/mol. The van der Waals surface area contributed by atoms with E-state index in [0.29, 0.717) is 12.0 Å². The first kappa shape index (κ1) is 19.0. The molecule has 0 aliphatic heterocycles.